The summed E-state index contributed by atoms with van der Waals surface area (Å²) in [7, 11) is 1.15. The van der Waals surface area contributed by atoms with Gasteiger partial charge in [0, 0.05) is 12.8 Å². The van der Waals surface area contributed by atoms with Crippen molar-refractivity contribution in [2.75, 3.05) is 40.9 Å². The van der Waals surface area contributed by atoms with Crippen molar-refractivity contribution in [2.45, 2.75) is 226 Å². The molecule has 0 aliphatic carbocycles. The predicted octanol–water partition coefficient (Wildman–Crippen LogP) is 15.2. The summed E-state index contributed by atoms with van der Waals surface area (Å²) < 4.78 is 30.1. The van der Waals surface area contributed by atoms with E-state index < -0.39 is 26.6 Å². The van der Waals surface area contributed by atoms with Crippen LogP contribution in [0, 0.1) is 0 Å². The maximum atomic E-state index is 13.4. The number of amides is 1. The zero-order chi connectivity index (χ0) is 49.4. The highest BCUT2D eigenvalue weighted by Gasteiger charge is 2.27. The summed E-state index contributed by atoms with van der Waals surface area (Å²) >= 11 is 0. The number of carbonyl (C=O) groups excluding carboxylic acids is 2. The number of nitrogens with one attached hydrogen (secondary N) is 1. The van der Waals surface area contributed by atoms with E-state index in [-0.39, 0.29) is 24.9 Å². The molecule has 0 aromatic rings. The summed E-state index contributed by atoms with van der Waals surface area (Å²) in [6.07, 6.45) is 59.8. The van der Waals surface area contributed by atoms with E-state index in [1.807, 2.05) is 33.3 Å². The van der Waals surface area contributed by atoms with Gasteiger partial charge < -0.3 is 28.5 Å². The average Bonchev–Trinajstić information content (AvgIpc) is 3.28. The van der Waals surface area contributed by atoms with Crippen LogP contribution in [0.2, 0.25) is 0 Å². The lowest BCUT2D eigenvalue weighted by molar-refractivity contribution is -0.870. The number of hydrogen-bond donors (Lipinski definition) is 1. The van der Waals surface area contributed by atoms with Gasteiger partial charge in [0.25, 0.3) is 7.82 Å². The summed E-state index contributed by atoms with van der Waals surface area (Å²) in [5.74, 6) is -0.590. The molecule has 386 valence electrons. The van der Waals surface area contributed by atoms with Gasteiger partial charge >= 0.3 is 5.97 Å². The lowest BCUT2D eigenvalue weighted by Crippen LogP contribution is -2.47. The molecule has 0 aromatic heterocycles. The van der Waals surface area contributed by atoms with Crippen LogP contribution in [0.1, 0.15) is 213 Å². The molecule has 0 bridgehead atoms. The van der Waals surface area contributed by atoms with E-state index >= 15 is 0 Å². The van der Waals surface area contributed by atoms with Crippen molar-refractivity contribution in [1.82, 2.24) is 5.32 Å². The number of hydrogen-bond acceptors (Lipinski definition) is 7. The Kier molecular flexibility index (Phi) is 44.9. The molecular formula is C57H101N2O7P. The van der Waals surface area contributed by atoms with Crippen LogP contribution >= 0.6 is 7.82 Å². The van der Waals surface area contributed by atoms with Crippen molar-refractivity contribution in [2.24, 2.45) is 0 Å². The molecule has 0 rings (SSSR count). The van der Waals surface area contributed by atoms with E-state index in [4.69, 9.17) is 13.8 Å². The average molecular weight is 957 g/mol. The van der Waals surface area contributed by atoms with E-state index in [1.165, 1.54) is 44.9 Å². The molecular weight excluding hydrogens is 856 g/mol. The van der Waals surface area contributed by atoms with E-state index in [9.17, 15) is 19.0 Å². The molecule has 9 nitrogen and oxygen atoms in total. The fourth-order valence-electron chi connectivity index (χ4n) is 7.20. The van der Waals surface area contributed by atoms with Crippen LogP contribution in [0.25, 0.3) is 0 Å². The minimum absolute atomic E-state index is 0.0328. The topological polar surface area (TPSA) is 114 Å². The second kappa shape index (κ2) is 46.9. The first kappa shape index (κ1) is 64.2. The molecule has 10 heteroatoms. The van der Waals surface area contributed by atoms with Gasteiger partial charge in [0.1, 0.15) is 19.3 Å². The van der Waals surface area contributed by atoms with Crippen molar-refractivity contribution in [3.63, 3.8) is 0 Å². The second-order valence-electron chi connectivity index (χ2n) is 19.0. The summed E-state index contributed by atoms with van der Waals surface area (Å²) in [5.41, 5.74) is 0. The van der Waals surface area contributed by atoms with Crippen molar-refractivity contribution in [3.05, 3.63) is 85.1 Å². The highest BCUT2D eigenvalue weighted by molar-refractivity contribution is 7.45. The Labute approximate surface area is 412 Å². The summed E-state index contributed by atoms with van der Waals surface area (Å²) in [6, 6.07) is -0.907. The third-order valence-electron chi connectivity index (χ3n) is 11.3. The van der Waals surface area contributed by atoms with Crippen LogP contribution in [-0.2, 0) is 27.9 Å². The van der Waals surface area contributed by atoms with Gasteiger partial charge in [0.05, 0.1) is 33.8 Å². The van der Waals surface area contributed by atoms with Gasteiger partial charge in [-0.1, -0.05) is 190 Å². The molecule has 1 N–H and O–H groups in total. The number of rotatable bonds is 47. The first-order valence-corrected chi connectivity index (χ1v) is 28.4. The zero-order valence-corrected chi connectivity index (χ0v) is 44.7. The quantitative estimate of drug-likeness (QED) is 0.0212. The Bertz CT molecular complexity index is 1430. The van der Waals surface area contributed by atoms with Crippen LogP contribution in [0.5, 0.6) is 0 Å². The van der Waals surface area contributed by atoms with Gasteiger partial charge in [-0.2, -0.15) is 0 Å². The van der Waals surface area contributed by atoms with Gasteiger partial charge in [-0.3, -0.25) is 14.2 Å². The number of esters is 1. The van der Waals surface area contributed by atoms with Crippen molar-refractivity contribution < 1.29 is 37.3 Å². The van der Waals surface area contributed by atoms with E-state index in [0.29, 0.717) is 23.9 Å². The van der Waals surface area contributed by atoms with Gasteiger partial charge in [-0.25, -0.2) is 0 Å². The number of carbonyl (C=O) groups is 2. The molecule has 0 saturated carbocycles. The third kappa shape index (κ3) is 48.0. The minimum Gasteiger partial charge on any atom is -0.756 e. The van der Waals surface area contributed by atoms with Gasteiger partial charge in [-0.15, -0.1) is 0 Å². The monoisotopic (exact) mass is 957 g/mol. The maximum Gasteiger partial charge on any atom is 0.306 e. The fraction of sp³-hybridized carbons (Fsp3) is 0.719. The van der Waals surface area contributed by atoms with Gasteiger partial charge in [-0.05, 0) is 96.0 Å². The van der Waals surface area contributed by atoms with Crippen LogP contribution < -0.4 is 10.2 Å². The molecule has 3 atom stereocenters. The number of ether oxygens (including phenoxy) is 1. The number of nitrogens with zero attached hydrogens (tertiary/aromatic N) is 1. The Morgan fingerprint density at radius 1 is 0.537 bits per heavy atom. The Balaban J connectivity index is 5.44. The smallest absolute Gasteiger partial charge is 0.306 e. The summed E-state index contributed by atoms with van der Waals surface area (Å²) in [4.78, 5) is 39.7. The first-order chi connectivity index (χ1) is 32.4. The highest BCUT2D eigenvalue weighted by atomic mass is 31.2. The van der Waals surface area contributed by atoms with E-state index in [1.54, 1.807) is 0 Å². The molecule has 3 unspecified atom stereocenters. The Morgan fingerprint density at radius 2 is 0.955 bits per heavy atom. The number of allylic oxidation sites excluding steroid dienone is 13. The molecule has 0 saturated heterocycles. The number of quaternary nitrogens is 1. The Morgan fingerprint density at radius 3 is 1.43 bits per heavy atom. The summed E-state index contributed by atoms with van der Waals surface area (Å²) in [5, 5.41) is 3.00. The number of phosphoric ester groups is 1. The van der Waals surface area contributed by atoms with Crippen LogP contribution in [0.15, 0.2) is 85.1 Å². The molecule has 67 heavy (non-hydrogen) atoms. The lowest BCUT2D eigenvalue weighted by Gasteiger charge is -2.30. The largest absolute Gasteiger partial charge is 0.756 e. The SMILES string of the molecule is CC/C=C/C/C=C/C/C=C/CCCCCCCCC(=O)NC(COP(=O)([O-])OCC[N+](C)(C)C)C(/C=C/CCCCCCCCCCC)OC(=O)CCCCCC/C=C/C/C=C/C/C=C/CC. The van der Waals surface area contributed by atoms with Crippen LogP contribution in [0.3, 0.4) is 0 Å². The maximum absolute atomic E-state index is 13.4. The van der Waals surface area contributed by atoms with Crippen molar-refractivity contribution in [3.8, 4) is 0 Å². The molecule has 0 aromatic carbocycles. The first-order valence-electron chi connectivity index (χ1n) is 26.9. The van der Waals surface area contributed by atoms with Crippen molar-refractivity contribution >= 4 is 19.7 Å². The van der Waals surface area contributed by atoms with Crippen molar-refractivity contribution in [1.29, 1.82) is 0 Å². The van der Waals surface area contributed by atoms with Crippen LogP contribution in [-0.4, -0.2) is 69.4 Å². The number of unbranched alkanes of at least 4 members (excludes halogenated alkanes) is 19. The predicted molar refractivity (Wildman–Crippen MR) is 284 cm³/mol. The molecule has 0 fully saturated rings. The van der Waals surface area contributed by atoms with Crippen LogP contribution in [0.4, 0.5) is 0 Å². The normalized spacial score (nSPS) is 14.6. The molecule has 0 aliphatic rings. The molecule has 0 heterocycles. The highest BCUT2D eigenvalue weighted by Crippen LogP contribution is 2.38. The molecule has 1 amide bonds. The van der Waals surface area contributed by atoms with Gasteiger partial charge in [0.15, 0.2) is 0 Å². The fourth-order valence-corrected chi connectivity index (χ4v) is 7.92. The number of likely N-dealkylation sites (N-methyl/N-ethyl adjacent to an activating group) is 1. The van der Waals surface area contributed by atoms with E-state index in [2.05, 4.69) is 99.0 Å². The zero-order valence-electron chi connectivity index (χ0n) is 43.8. The molecule has 0 radical (unpaired) electrons. The van der Waals surface area contributed by atoms with E-state index in [0.717, 1.165) is 128 Å². The second-order valence-corrected chi connectivity index (χ2v) is 20.4. The minimum atomic E-state index is -4.70. The summed E-state index contributed by atoms with van der Waals surface area (Å²) in [6.45, 7) is 6.56. The Hall–Kier alpha value is -2.81. The molecule has 0 spiro atoms. The third-order valence-corrected chi connectivity index (χ3v) is 12.3. The van der Waals surface area contributed by atoms with Gasteiger partial charge in [0.2, 0.25) is 5.91 Å². The lowest BCUT2D eigenvalue weighted by atomic mass is 10.1. The number of phosphoric acid groups is 1. The molecule has 0 aliphatic heterocycles. The standard InChI is InChI=1S/C57H101N2O7P/c1-7-10-13-16-19-22-25-27-29-30-31-34-37-40-43-46-49-56(60)58-54(53-65-67(62,63)64-52-51-59(4,5)6)55(48-45-42-39-36-33-24-21-18-15-12-9-3)66-57(61)50-47-44-41-38-35-32-28-26-23-20-17-14-11-8-2/h10-11,13-14,19-20,22-23,27-29,32,45,48,54-55H,7-9,12,15-18,21,24-26,30-31,33-44,46-47,49-53H2,1-6H3,(H-,58,60,62,63)/b13-10+,14-11+,22-19+,23-20+,29-27+,32-28+,48-45+.